The minimum absolute atomic E-state index is 0.143. The van der Waals surface area contributed by atoms with Crippen molar-refractivity contribution in [2.24, 2.45) is 11.8 Å². The van der Waals surface area contributed by atoms with E-state index in [-0.39, 0.29) is 5.78 Å². The molecule has 0 spiro atoms. The smallest absolute Gasteiger partial charge is 0.183 e. The highest BCUT2D eigenvalue weighted by atomic mass is 35.5. The molecule has 1 fully saturated rings. The summed E-state index contributed by atoms with van der Waals surface area (Å²) in [5.41, 5.74) is 2.47. The van der Waals surface area contributed by atoms with Gasteiger partial charge in [-0.3, -0.25) is 9.48 Å². The Hall–Kier alpha value is -1.84. The van der Waals surface area contributed by atoms with Gasteiger partial charge in [0, 0.05) is 21.9 Å². The number of para-hydroxylation sites is 1. The third-order valence-corrected chi connectivity index (χ3v) is 7.17. The van der Waals surface area contributed by atoms with Gasteiger partial charge in [0.15, 0.2) is 5.78 Å². The lowest BCUT2D eigenvalue weighted by Crippen LogP contribution is -2.15. The summed E-state index contributed by atoms with van der Waals surface area (Å²) in [6.45, 7) is 2.79. The monoisotopic (exact) mass is 442 g/mol. The maximum absolute atomic E-state index is 13.1. The minimum Gasteiger partial charge on any atom is -0.292 e. The Balaban J connectivity index is 1.51. The van der Waals surface area contributed by atoms with Crippen molar-refractivity contribution in [3.8, 4) is 0 Å². The van der Waals surface area contributed by atoms with Crippen molar-refractivity contribution < 1.29 is 4.79 Å². The molecule has 1 aliphatic carbocycles. The van der Waals surface area contributed by atoms with Gasteiger partial charge in [-0.25, -0.2) is 0 Å². The summed E-state index contributed by atoms with van der Waals surface area (Å²) in [5.74, 6) is 1.71. The number of Topliss-reactive ketones (excluding diaryl/α,β-unsaturated/α-hetero) is 1. The van der Waals surface area contributed by atoms with E-state index >= 15 is 0 Å². The number of carbonyl (C=O) groups excluding carboxylic acids is 1. The Morgan fingerprint density at radius 3 is 2.53 bits per heavy atom. The molecule has 2 aromatic carbocycles. The highest BCUT2D eigenvalue weighted by Gasteiger charge is 2.23. The second-order valence-electron chi connectivity index (χ2n) is 8.52. The van der Waals surface area contributed by atoms with Crippen molar-refractivity contribution in [1.82, 2.24) is 9.78 Å². The molecule has 3 aromatic rings. The molecule has 5 heteroatoms. The van der Waals surface area contributed by atoms with Gasteiger partial charge in [-0.05, 0) is 42.0 Å². The summed E-state index contributed by atoms with van der Waals surface area (Å²) in [6.07, 6.45) is 7.98. The molecular formula is C25H28Cl2N2O. The zero-order valence-corrected chi connectivity index (χ0v) is 18.9. The van der Waals surface area contributed by atoms with E-state index in [0.29, 0.717) is 34.6 Å². The normalized spacial score (nSPS) is 19.3. The minimum atomic E-state index is 0.143. The molecule has 0 atom stereocenters. The number of hydrogen-bond donors (Lipinski definition) is 0. The third kappa shape index (κ3) is 4.73. The van der Waals surface area contributed by atoms with Crippen LogP contribution in [0.5, 0.6) is 0 Å². The molecule has 0 N–H and O–H groups in total. The highest BCUT2D eigenvalue weighted by molar-refractivity contribution is 6.35. The number of carbonyl (C=O) groups is 1. The maximum Gasteiger partial charge on any atom is 0.183 e. The quantitative estimate of drug-likeness (QED) is 0.353. The van der Waals surface area contributed by atoms with Crippen LogP contribution in [-0.2, 0) is 6.54 Å². The second kappa shape index (κ2) is 9.53. The van der Waals surface area contributed by atoms with E-state index in [1.165, 1.54) is 32.1 Å². The highest BCUT2D eigenvalue weighted by Crippen LogP contribution is 2.33. The zero-order valence-electron chi connectivity index (χ0n) is 17.4. The Bertz CT molecular complexity index is 1030. The molecule has 3 nitrogen and oxygen atoms in total. The molecular weight excluding hydrogens is 415 g/mol. The topological polar surface area (TPSA) is 34.9 Å². The van der Waals surface area contributed by atoms with Gasteiger partial charge in [-0.15, -0.1) is 0 Å². The lowest BCUT2D eigenvalue weighted by molar-refractivity contribution is 0.0963. The first-order chi connectivity index (χ1) is 14.5. The second-order valence-corrected chi connectivity index (χ2v) is 9.36. The Kier molecular flexibility index (Phi) is 6.80. The molecule has 4 rings (SSSR count). The predicted molar refractivity (Wildman–Crippen MR) is 125 cm³/mol. The number of fused-ring (bicyclic) bond motifs is 1. The Labute approximate surface area is 188 Å². The van der Waals surface area contributed by atoms with Crippen molar-refractivity contribution in [3.63, 3.8) is 0 Å². The first-order valence-corrected chi connectivity index (χ1v) is 11.7. The van der Waals surface area contributed by atoms with Crippen molar-refractivity contribution in [2.75, 3.05) is 0 Å². The fraction of sp³-hybridized carbons (Fsp3) is 0.440. The summed E-state index contributed by atoms with van der Waals surface area (Å²) in [7, 11) is 0. The number of nitrogens with zero attached hydrogens (tertiary/aromatic N) is 2. The molecule has 0 bridgehead atoms. The van der Waals surface area contributed by atoms with Crippen molar-refractivity contribution >= 4 is 39.9 Å². The SMILES string of the molecule is CCC1CCC(CCC(=O)c2nn(Cc3ccc(Cl)cc3Cl)c3ccccc23)CC1. The fourth-order valence-corrected chi connectivity index (χ4v) is 5.12. The van der Waals surface area contributed by atoms with Crippen LogP contribution in [0, 0.1) is 11.8 Å². The van der Waals surface area contributed by atoms with Gasteiger partial charge in [0.2, 0.25) is 0 Å². The van der Waals surface area contributed by atoms with Crippen molar-refractivity contribution in [3.05, 3.63) is 63.8 Å². The van der Waals surface area contributed by atoms with Crippen LogP contribution in [0.25, 0.3) is 10.9 Å². The molecule has 1 saturated carbocycles. The molecule has 0 saturated heterocycles. The third-order valence-electron chi connectivity index (χ3n) is 6.58. The van der Waals surface area contributed by atoms with Gasteiger partial charge in [0.1, 0.15) is 5.69 Å². The van der Waals surface area contributed by atoms with E-state index in [4.69, 9.17) is 28.3 Å². The van der Waals surface area contributed by atoms with Gasteiger partial charge < -0.3 is 0 Å². The average molecular weight is 443 g/mol. The molecule has 1 heterocycles. The first kappa shape index (κ1) is 21.4. The largest absolute Gasteiger partial charge is 0.292 e. The van der Waals surface area contributed by atoms with Crippen LogP contribution in [0.4, 0.5) is 0 Å². The standard InChI is InChI=1S/C25H28Cl2N2O/c1-2-17-7-9-18(10-8-17)11-14-24(30)25-21-5-3-4-6-23(21)29(28-25)16-19-12-13-20(26)15-22(19)27/h3-6,12-13,15,17-18H,2,7-11,14,16H2,1H3. The number of aromatic nitrogens is 2. The van der Waals surface area contributed by atoms with Crippen LogP contribution < -0.4 is 0 Å². The van der Waals surface area contributed by atoms with Crippen LogP contribution in [-0.4, -0.2) is 15.6 Å². The number of rotatable bonds is 7. The molecule has 0 aliphatic heterocycles. The van der Waals surface area contributed by atoms with E-state index in [0.717, 1.165) is 28.8 Å². The van der Waals surface area contributed by atoms with Crippen LogP contribution >= 0.6 is 23.2 Å². The van der Waals surface area contributed by atoms with Crippen LogP contribution in [0.15, 0.2) is 42.5 Å². The molecule has 0 unspecified atom stereocenters. The van der Waals surface area contributed by atoms with Crippen molar-refractivity contribution in [2.45, 2.75) is 58.4 Å². The lowest BCUT2D eigenvalue weighted by atomic mass is 9.79. The maximum atomic E-state index is 13.1. The molecule has 0 amide bonds. The van der Waals surface area contributed by atoms with Crippen LogP contribution in [0.2, 0.25) is 10.0 Å². The zero-order chi connectivity index (χ0) is 21.1. The summed E-state index contributed by atoms with van der Waals surface area (Å²) in [6, 6.07) is 13.4. The van der Waals surface area contributed by atoms with Gasteiger partial charge in [0.25, 0.3) is 0 Å². The predicted octanol–water partition coefficient (Wildman–Crippen LogP) is 7.57. The van der Waals surface area contributed by atoms with Crippen LogP contribution in [0.3, 0.4) is 0 Å². The van der Waals surface area contributed by atoms with E-state index in [1.807, 2.05) is 41.1 Å². The van der Waals surface area contributed by atoms with E-state index in [2.05, 4.69) is 6.92 Å². The molecule has 1 aliphatic rings. The average Bonchev–Trinajstić information content (AvgIpc) is 3.13. The van der Waals surface area contributed by atoms with Crippen LogP contribution in [0.1, 0.15) is 67.9 Å². The lowest BCUT2D eigenvalue weighted by Gasteiger charge is -2.27. The molecule has 0 radical (unpaired) electrons. The first-order valence-electron chi connectivity index (χ1n) is 11.0. The van der Waals surface area contributed by atoms with Gasteiger partial charge in [-0.2, -0.15) is 5.10 Å². The summed E-state index contributed by atoms with van der Waals surface area (Å²) in [5, 5.41) is 6.85. The fourth-order valence-electron chi connectivity index (χ4n) is 4.65. The molecule has 30 heavy (non-hydrogen) atoms. The van der Waals surface area contributed by atoms with E-state index < -0.39 is 0 Å². The number of hydrogen-bond acceptors (Lipinski definition) is 2. The number of ketones is 1. The Morgan fingerprint density at radius 2 is 1.80 bits per heavy atom. The van der Waals surface area contributed by atoms with Gasteiger partial charge in [-0.1, -0.05) is 86.5 Å². The van der Waals surface area contributed by atoms with Gasteiger partial charge in [0.05, 0.1) is 12.1 Å². The summed E-state index contributed by atoms with van der Waals surface area (Å²) < 4.78 is 1.88. The number of halogens is 2. The Morgan fingerprint density at radius 1 is 1.07 bits per heavy atom. The van der Waals surface area contributed by atoms with Crippen molar-refractivity contribution in [1.29, 1.82) is 0 Å². The van der Waals surface area contributed by atoms with Gasteiger partial charge >= 0.3 is 0 Å². The number of benzene rings is 2. The molecule has 158 valence electrons. The van der Waals surface area contributed by atoms with E-state index in [9.17, 15) is 4.79 Å². The summed E-state index contributed by atoms with van der Waals surface area (Å²) in [4.78, 5) is 13.1. The van der Waals surface area contributed by atoms with E-state index in [1.54, 1.807) is 6.07 Å². The summed E-state index contributed by atoms with van der Waals surface area (Å²) >= 11 is 12.4. The molecule has 1 aromatic heterocycles.